The molecular weight excluding hydrogens is 399 g/mol. The summed E-state index contributed by atoms with van der Waals surface area (Å²) in [5.74, 6) is 0.721. The van der Waals surface area contributed by atoms with Crippen LogP contribution in [0.25, 0.3) is 0 Å². The Morgan fingerprint density at radius 2 is 2.23 bits per heavy atom. The van der Waals surface area contributed by atoms with E-state index in [1.165, 1.54) is 17.4 Å². The largest absolute Gasteiger partial charge is 0.334 e. The lowest BCUT2D eigenvalue weighted by Gasteiger charge is -2.25. The zero-order valence-electron chi connectivity index (χ0n) is 17.0. The molecule has 0 unspecified atom stereocenters. The number of rotatable bonds is 7. The van der Waals surface area contributed by atoms with Crippen molar-refractivity contribution in [1.29, 1.82) is 0 Å². The summed E-state index contributed by atoms with van der Waals surface area (Å²) in [5, 5.41) is 5.93. The van der Waals surface area contributed by atoms with E-state index in [0.717, 1.165) is 54.4 Å². The van der Waals surface area contributed by atoms with Crippen molar-refractivity contribution >= 4 is 28.2 Å². The molecule has 0 saturated carbocycles. The van der Waals surface area contributed by atoms with E-state index in [1.807, 2.05) is 34.5 Å². The predicted molar refractivity (Wildman–Crippen MR) is 117 cm³/mol. The van der Waals surface area contributed by atoms with Gasteiger partial charge in [0.25, 0.3) is 0 Å². The number of aromatic nitrogens is 2. The zero-order valence-corrected chi connectivity index (χ0v) is 17.8. The molecule has 1 saturated heterocycles. The van der Waals surface area contributed by atoms with E-state index in [0.29, 0.717) is 12.0 Å². The third kappa shape index (κ3) is 4.84. The van der Waals surface area contributed by atoms with E-state index < -0.39 is 0 Å². The van der Waals surface area contributed by atoms with Gasteiger partial charge in [0.15, 0.2) is 5.13 Å². The predicted octanol–water partition coefficient (Wildman–Crippen LogP) is 5.42. The maximum Gasteiger partial charge on any atom is 0.223 e. The molecular formula is C23H25FN4OS. The summed E-state index contributed by atoms with van der Waals surface area (Å²) >= 11 is 1.52. The minimum atomic E-state index is -0.186. The monoisotopic (exact) mass is 424 g/mol. The Morgan fingerprint density at radius 1 is 1.33 bits per heavy atom. The molecule has 0 bridgehead atoms. The van der Waals surface area contributed by atoms with Crippen LogP contribution in [0.2, 0.25) is 0 Å². The second kappa shape index (κ2) is 9.34. The van der Waals surface area contributed by atoms with E-state index in [4.69, 9.17) is 4.98 Å². The highest BCUT2D eigenvalue weighted by atomic mass is 32.1. The first-order chi connectivity index (χ1) is 14.6. The molecule has 7 heteroatoms. The number of likely N-dealkylation sites (tertiary alicyclic amines) is 1. The van der Waals surface area contributed by atoms with Gasteiger partial charge in [-0.1, -0.05) is 18.2 Å². The van der Waals surface area contributed by atoms with Gasteiger partial charge in [0.1, 0.15) is 11.6 Å². The summed E-state index contributed by atoms with van der Waals surface area (Å²) in [7, 11) is 0. The van der Waals surface area contributed by atoms with Crippen LogP contribution >= 0.6 is 11.3 Å². The Labute approximate surface area is 180 Å². The molecule has 0 spiro atoms. The molecule has 1 aliphatic heterocycles. The van der Waals surface area contributed by atoms with Crippen LogP contribution in [0.15, 0.2) is 48.0 Å². The Kier molecular flexibility index (Phi) is 6.38. The van der Waals surface area contributed by atoms with Crippen molar-refractivity contribution in [3.63, 3.8) is 0 Å². The topological polar surface area (TPSA) is 58.1 Å². The summed E-state index contributed by atoms with van der Waals surface area (Å²) in [4.78, 5) is 23.8. The van der Waals surface area contributed by atoms with Crippen molar-refractivity contribution in [2.45, 2.75) is 45.1 Å². The smallest absolute Gasteiger partial charge is 0.223 e. The summed E-state index contributed by atoms with van der Waals surface area (Å²) in [6.45, 7) is 2.54. The van der Waals surface area contributed by atoms with Crippen molar-refractivity contribution < 1.29 is 9.18 Å². The van der Waals surface area contributed by atoms with E-state index >= 15 is 0 Å². The van der Waals surface area contributed by atoms with Crippen LogP contribution in [0.5, 0.6) is 0 Å². The van der Waals surface area contributed by atoms with Crippen molar-refractivity contribution in [2.75, 3.05) is 11.9 Å². The van der Waals surface area contributed by atoms with Crippen molar-refractivity contribution in [3.05, 3.63) is 70.6 Å². The SMILES string of the molecule is Cc1cc(CCCC(=O)N2CCC[C@@H]2c2cccc(Nc3nccs3)n2)ccc1F. The molecule has 1 atom stereocenters. The van der Waals surface area contributed by atoms with Crippen molar-refractivity contribution in [3.8, 4) is 0 Å². The highest BCUT2D eigenvalue weighted by molar-refractivity contribution is 7.13. The van der Waals surface area contributed by atoms with Gasteiger partial charge in [0.2, 0.25) is 5.91 Å². The molecule has 3 aromatic rings. The average Bonchev–Trinajstić information content (AvgIpc) is 3.43. The minimum absolute atomic E-state index is 0.0172. The maximum atomic E-state index is 13.4. The molecule has 1 aromatic carbocycles. The van der Waals surface area contributed by atoms with Crippen molar-refractivity contribution in [2.24, 2.45) is 0 Å². The molecule has 30 heavy (non-hydrogen) atoms. The van der Waals surface area contributed by atoms with Gasteiger partial charge >= 0.3 is 0 Å². The fourth-order valence-corrected chi connectivity index (χ4v) is 4.46. The van der Waals surface area contributed by atoms with Gasteiger partial charge in [0, 0.05) is 24.5 Å². The number of amides is 1. The molecule has 5 nitrogen and oxygen atoms in total. The van der Waals surface area contributed by atoms with Crippen LogP contribution in [-0.2, 0) is 11.2 Å². The number of hydrogen-bond donors (Lipinski definition) is 1. The second-order valence-electron chi connectivity index (χ2n) is 7.59. The Morgan fingerprint density at radius 3 is 3.03 bits per heavy atom. The first-order valence-corrected chi connectivity index (χ1v) is 11.2. The van der Waals surface area contributed by atoms with Gasteiger partial charge < -0.3 is 10.2 Å². The summed E-state index contributed by atoms with van der Waals surface area (Å²) < 4.78 is 13.4. The van der Waals surface area contributed by atoms with E-state index in [2.05, 4.69) is 10.3 Å². The van der Waals surface area contributed by atoms with Crippen LogP contribution in [0.4, 0.5) is 15.3 Å². The summed E-state index contributed by atoms with van der Waals surface area (Å²) in [6.07, 6.45) is 5.68. The van der Waals surface area contributed by atoms with E-state index in [-0.39, 0.29) is 17.8 Å². The van der Waals surface area contributed by atoms with E-state index in [9.17, 15) is 9.18 Å². The molecule has 2 aromatic heterocycles. The highest BCUT2D eigenvalue weighted by Gasteiger charge is 2.30. The number of thiazole rings is 1. The zero-order chi connectivity index (χ0) is 20.9. The molecule has 1 aliphatic rings. The van der Waals surface area contributed by atoms with Crippen molar-refractivity contribution in [1.82, 2.24) is 14.9 Å². The minimum Gasteiger partial charge on any atom is -0.334 e. The molecule has 3 heterocycles. The molecule has 0 aliphatic carbocycles. The number of benzene rings is 1. The number of aryl methyl sites for hydroxylation is 2. The number of nitrogens with one attached hydrogen (secondary N) is 1. The Bertz CT molecular complexity index is 1010. The van der Waals surface area contributed by atoms with E-state index in [1.54, 1.807) is 19.2 Å². The second-order valence-corrected chi connectivity index (χ2v) is 8.49. The number of anilines is 2. The number of pyridine rings is 1. The first kappa shape index (κ1) is 20.5. The number of nitrogens with zero attached hydrogens (tertiary/aromatic N) is 3. The lowest BCUT2D eigenvalue weighted by Crippen LogP contribution is -2.30. The highest BCUT2D eigenvalue weighted by Crippen LogP contribution is 2.32. The van der Waals surface area contributed by atoms with Gasteiger partial charge in [-0.2, -0.15) is 0 Å². The number of carbonyl (C=O) groups is 1. The number of halogens is 1. The van der Waals surface area contributed by atoms with Gasteiger partial charge in [-0.3, -0.25) is 4.79 Å². The first-order valence-electron chi connectivity index (χ1n) is 10.3. The third-order valence-electron chi connectivity index (χ3n) is 5.43. The van der Waals surface area contributed by atoms with Crippen LogP contribution in [0.1, 0.15) is 48.5 Å². The van der Waals surface area contributed by atoms with Gasteiger partial charge in [0.05, 0.1) is 11.7 Å². The van der Waals surface area contributed by atoms with Gasteiger partial charge in [-0.25, -0.2) is 14.4 Å². The maximum absolute atomic E-state index is 13.4. The lowest BCUT2D eigenvalue weighted by atomic mass is 10.0. The number of hydrogen-bond acceptors (Lipinski definition) is 5. The quantitative estimate of drug-likeness (QED) is 0.551. The normalized spacial score (nSPS) is 16.1. The van der Waals surface area contributed by atoms with Crippen LogP contribution in [0.3, 0.4) is 0 Å². The molecule has 1 amide bonds. The lowest BCUT2D eigenvalue weighted by molar-refractivity contribution is -0.132. The molecule has 156 valence electrons. The Balaban J connectivity index is 1.37. The van der Waals surface area contributed by atoms with Crippen LogP contribution in [0, 0.1) is 12.7 Å². The summed E-state index contributed by atoms with van der Waals surface area (Å²) in [6, 6.07) is 11.1. The number of carbonyl (C=O) groups excluding carboxylic acids is 1. The average molecular weight is 425 g/mol. The van der Waals surface area contributed by atoms with Crippen LogP contribution < -0.4 is 5.32 Å². The molecule has 4 rings (SSSR count). The van der Waals surface area contributed by atoms with Crippen LogP contribution in [-0.4, -0.2) is 27.3 Å². The Hall–Kier alpha value is -2.80. The third-order valence-corrected chi connectivity index (χ3v) is 6.12. The summed E-state index contributed by atoms with van der Waals surface area (Å²) in [5.41, 5.74) is 2.63. The standard InChI is InChI=1S/C23H25FN4OS/c1-16-15-17(10-11-18(16)24)5-2-9-22(29)28-13-4-7-20(28)19-6-3-8-21(26-19)27-23-25-12-14-30-23/h3,6,8,10-12,14-15,20H,2,4-5,7,9,13H2,1H3,(H,25,26,27)/t20-/m1/s1. The fourth-order valence-electron chi connectivity index (χ4n) is 3.92. The molecule has 0 radical (unpaired) electrons. The van der Waals surface area contributed by atoms with Gasteiger partial charge in [-0.05, 0) is 61.9 Å². The van der Waals surface area contributed by atoms with Gasteiger partial charge in [-0.15, -0.1) is 11.3 Å². The fraction of sp³-hybridized carbons (Fsp3) is 0.348. The molecule has 1 fully saturated rings. The molecule has 1 N–H and O–H groups in total.